The van der Waals surface area contributed by atoms with Gasteiger partial charge in [0.25, 0.3) is 0 Å². The van der Waals surface area contributed by atoms with Crippen molar-refractivity contribution in [3.63, 3.8) is 0 Å². The molecular formula is C46H39N7O. The van der Waals surface area contributed by atoms with Gasteiger partial charge in [-0.1, -0.05) is 134 Å². The predicted molar refractivity (Wildman–Crippen MR) is 212 cm³/mol. The average molecular weight is 706 g/mol. The first-order valence-corrected chi connectivity index (χ1v) is 18.4. The number of aryl methyl sites for hydroxylation is 3. The van der Waals surface area contributed by atoms with Crippen LogP contribution in [0.3, 0.4) is 0 Å². The van der Waals surface area contributed by atoms with Gasteiger partial charge in [0.2, 0.25) is 0 Å². The number of nitrogens with zero attached hydrogens (tertiary/aromatic N) is 7. The van der Waals surface area contributed by atoms with Crippen molar-refractivity contribution < 1.29 is 4.74 Å². The molecule has 0 saturated heterocycles. The Bertz CT molecular complexity index is 2550. The number of fused-ring (bicyclic) bond motifs is 3. The molecule has 1 aliphatic heterocycles. The van der Waals surface area contributed by atoms with Crippen LogP contribution in [0.2, 0.25) is 0 Å². The molecule has 0 aliphatic carbocycles. The molecule has 3 aromatic heterocycles. The Labute approximate surface area is 314 Å². The monoisotopic (exact) mass is 705 g/mol. The highest BCUT2D eigenvalue weighted by atomic mass is 16.5. The van der Waals surface area contributed by atoms with Crippen molar-refractivity contribution in [2.75, 3.05) is 0 Å². The van der Waals surface area contributed by atoms with Crippen LogP contribution in [0.25, 0.3) is 22.8 Å². The second kappa shape index (κ2) is 13.7. The van der Waals surface area contributed by atoms with Crippen LogP contribution in [0.15, 0.2) is 140 Å². The first-order valence-electron chi connectivity index (χ1n) is 18.4. The van der Waals surface area contributed by atoms with E-state index in [0.29, 0.717) is 19.0 Å². The summed E-state index contributed by atoms with van der Waals surface area (Å²) in [4.78, 5) is 9.90. The van der Waals surface area contributed by atoms with E-state index in [1.54, 1.807) is 0 Å². The van der Waals surface area contributed by atoms with Crippen LogP contribution in [0.5, 0.6) is 5.75 Å². The van der Waals surface area contributed by atoms with Gasteiger partial charge in [0.05, 0.1) is 6.54 Å². The highest BCUT2D eigenvalue weighted by Crippen LogP contribution is 2.43. The highest BCUT2D eigenvalue weighted by Gasteiger charge is 2.41. The highest BCUT2D eigenvalue weighted by molar-refractivity contribution is 5.94. The Kier molecular flexibility index (Phi) is 8.43. The smallest absolute Gasteiger partial charge is 0.177 e. The maximum atomic E-state index is 6.63. The van der Waals surface area contributed by atoms with Crippen LogP contribution in [0.4, 0.5) is 0 Å². The molecule has 8 aromatic rings. The SMILES string of the molecule is CCc1nc2c(C)cc(C)nc2n1Cc1ccc2c(c1)OCc1ccccc1/C2=C\c1nnnn1C(c1ccccc1)(c1ccccc1)c1ccccc1. The number of imidazole rings is 1. The standard InChI is InChI=1S/C46H39N7O/c1-4-42-48-44-31(2)26-32(3)47-45(44)52(42)29-33-24-25-39-40(38-23-15-14-16-34(38)30-54-41(39)27-33)28-43-49-50-51-53(43)46(35-17-8-5-9-18-35,36-19-10-6-11-20-36)37-21-12-7-13-22-37/h5-28H,4,29-30H2,1-3H3/b40-28+. The second-order valence-corrected chi connectivity index (χ2v) is 13.8. The summed E-state index contributed by atoms with van der Waals surface area (Å²) in [5.74, 6) is 2.43. The minimum Gasteiger partial charge on any atom is -0.488 e. The second-order valence-electron chi connectivity index (χ2n) is 13.8. The molecule has 0 atom stereocenters. The minimum atomic E-state index is -0.873. The van der Waals surface area contributed by atoms with Gasteiger partial charge >= 0.3 is 0 Å². The zero-order valence-electron chi connectivity index (χ0n) is 30.5. The number of pyridine rings is 1. The number of hydrogen-bond donors (Lipinski definition) is 0. The van der Waals surface area contributed by atoms with Crippen molar-refractivity contribution in [3.8, 4) is 5.75 Å². The zero-order valence-corrected chi connectivity index (χ0v) is 30.5. The molecule has 264 valence electrons. The van der Waals surface area contributed by atoms with Gasteiger partial charge in [-0.3, -0.25) is 0 Å². The van der Waals surface area contributed by atoms with Gasteiger partial charge in [0, 0.05) is 17.7 Å². The Balaban J connectivity index is 1.23. The van der Waals surface area contributed by atoms with E-state index in [1.807, 2.05) is 29.8 Å². The Hall–Kier alpha value is -6.67. The molecule has 1 aliphatic rings. The lowest BCUT2D eigenvalue weighted by Crippen LogP contribution is -2.39. The fourth-order valence-electron chi connectivity index (χ4n) is 8.00. The number of rotatable bonds is 8. The van der Waals surface area contributed by atoms with E-state index in [2.05, 4.69) is 151 Å². The summed E-state index contributed by atoms with van der Waals surface area (Å²) in [6, 6.07) is 48.4. The lowest BCUT2D eigenvalue weighted by Gasteiger charge is -2.36. The molecule has 0 bridgehead atoms. The maximum Gasteiger partial charge on any atom is 0.177 e. The van der Waals surface area contributed by atoms with Gasteiger partial charge in [0.1, 0.15) is 29.2 Å². The van der Waals surface area contributed by atoms with Gasteiger partial charge in [-0.25, -0.2) is 14.6 Å². The van der Waals surface area contributed by atoms with Crippen molar-refractivity contribution in [3.05, 3.63) is 201 Å². The van der Waals surface area contributed by atoms with Crippen LogP contribution in [-0.2, 0) is 25.1 Å². The Morgan fingerprint density at radius 1 is 0.722 bits per heavy atom. The van der Waals surface area contributed by atoms with Crippen LogP contribution in [-0.4, -0.2) is 34.7 Å². The minimum absolute atomic E-state index is 0.436. The molecule has 8 heteroatoms. The molecular weight excluding hydrogens is 667 g/mol. The lowest BCUT2D eigenvalue weighted by atomic mass is 9.77. The normalized spacial score (nSPS) is 13.4. The molecule has 4 heterocycles. The van der Waals surface area contributed by atoms with Crippen LogP contribution >= 0.6 is 0 Å². The first-order chi connectivity index (χ1) is 26.5. The number of ether oxygens (including phenoxy) is 1. The summed E-state index contributed by atoms with van der Waals surface area (Å²) in [5, 5.41) is 13.9. The zero-order chi connectivity index (χ0) is 36.6. The van der Waals surface area contributed by atoms with Gasteiger partial charge in [0.15, 0.2) is 11.5 Å². The predicted octanol–water partition coefficient (Wildman–Crippen LogP) is 8.97. The molecule has 8 nitrogen and oxygen atoms in total. The quantitative estimate of drug-likeness (QED) is 0.147. The Morgan fingerprint density at radius 2 is 1.37 bits per heavy atom. The lowest BCUT2D eigenvalue weighted by molar-refractivity contribution is 0.307. The molecule has 0 radical (unpaired) electrons. The van der Waals surface area contributed by atoms with Gasteiger partial charge in [-0.05, 0) is 87.0 Å². The van der Waals surface area contributed by atoms with Crippen LogP contribution < -0.4 is 4.74 Å². The van der Waals surface area contributed by atoms with E-state index in [9.17, 15) is 0 Å². The van der Waals surface area contributed by atoms with Crippen LogP contribution in [0.1, 0.15) is 68.8 Å². The molecule has 9 rings (SSSR count). The fraction of sp³-hybridized carbons (Fsp3) is 0.152. The summed E-state index contributed by atoms with van der Waals surface area (Å²) in [6.07, 6.45) is 2.92. The molecule has 0 amide bonds. The van der Waals surface area contributed by atoms with E-state index in [1.165, 1.54) is 0 Å². The first kappa shape index (κ1) is 33.2. The van der Waals surface area contributed by atoms with Gasteiger partial charge in [-0.2, -0.15) is 0 Å². The molecule has 0 saturated carbocycles. The van der Waals surface area contributed by atoms with Crippen molar-refractivity contribution in [2.45, 2.75) is 45.9 Å². The Morgan fingerprint density at radius 3 is 2.04 bits per heavy atom. The number of benzene rings is 5. The maximum absolute atomic E-state index is 6.63. The van der Waals surface area contributed by atoms with E-state index in [4.69, 9.17) is 25.0 Å². The third-order valence-electron chi connectivity index (χ3n) is 10.4. The summed E-state index contributed by atoms with van der Waals surface area (Å²) < 4.78 is 10.8. The van der Waals surface area contributed by atoms with Crippen molar-refractivity contribution in [2.24, 2.45) is 0 Å². The number of hydrogen-bond acceptors (Lipinski definition) is 6. The number of aromatic nitrogens is 7. The molecule has 0 spiro atoms. The topological polar surface area (TPSA) is 83.5 Å². The van der Waals surface area contributed by atoms with Crippen molar-refractivity contribution >= 4 is 22.8 Å². The van der Waals surface area contributed by atoms with E-state index >= 15 is 0 Å². The van der Waals surface area contributed by atoms with Gasteiger partial charge < -0.3 is 9.30 Å². The van der Waals surface area contributed by atoms with Crippen molar-refractivity contribution in [1.29, 1.82) is 0 Å². The number of tetrazole rings is 1. The fourth-order valence-corrected chi connectivity index (χ4v) is 8.00. The summed E-state index contributed by atoms with van der Waals surface area (Å²) in [5.41, 5.74) is 11.5. The molecule has 0 unspecified atom stereocenters. The van der Waals surface area contributed by atoms with E-state index < -0.39 is 5.54 Å². The summed E-state index contributed by atoms with van der Waals surface area (Å²) in [6.45, 7) is 7.35. The van der Waals surface area contributed by atoms with E-state index in [-0.39, 0.29) is 0 Å². The van der Waals surface area contributed by atoms with Crippen LogP contribution in [0, 0.1) is 13.8 Å². The van der Waals surface area contributed by atoms with E-state index in [0.717, 1.165) is 84.9 Å². The third kappa shape index (κ3) is 5.58. The van der Waals surface area contributed by atoms with Crippen molar-refractivity contribution in [1.82, 2.24) is 34.7 Å². The third-order valence-corrected chi connectivity index (χ3v) is 10.4. The summed E-state index contributed by atoms with van der Waals surface area (Å²) in [7, 11) is 0. The molecule has 0 N–H and O–H groups in total. The molecule has 5 aromatic carbocycles. The summed E-state index contributed by atoms with van der Waals surface area (Å²) >= 11 is 0. The average Bonchev–Trinajstić information content (AvgIpc) is 3.78. The molecule has 54 heavy (non-hydrogen) atoms. The molecule has 0 fully saturated rings. The largest absolute Gasteiger partial charge is 0.488 e. The van der Waals surface area contributed by atoms with Gasteiger partial charge in [-0.15, -0.1) is 5.10 Å².